The lowest BCUT2D eigenvalue weighted by atomic mass is 10.2. The van der Waals surface area contributed by atoms with E-state index in [1.165, 1.54) is 0 Å². The fourth-order valence-electron chi connectivity index (χ4n) is 1.59. The first kappa shape index (κ1) is 12.9. The molecule has 1 aromatic carbocycles. The van der Waals surface area contributed by atoms with Crippen LogP contribution in [0, 0.1) is 21.7 Å². The molecule has 0 unspecified atom stereocenters. The van der Waals surface area contributed by atoms with Crippen molar-refractivity contribution in [2.75, 3.05) is 11.9 Å². The summed E-state index contributed by atoms with van der Waals surface area (Å²) in [5.74, 6) is -2.38. The van der Waals surface area contributed by atoms with Crippen molar-refractivity contribution in [3.8, 4) is 0 Å². The molecule has 8 heteroatoms. The van der Waals surface area contributed by atoms with Gasteiger partial charge in [-0.3, -0.25) is 10.1 Å². The highest BCUT2D eigenvalue weighted by Crippen LogP contribution is 2.28. The number of nitrogens with one attached hydrogen (secondary N) is 1. The van der Waals surface area contributed by atoms with Gasteiger partial charge in [0.2, 0.25) is 0 Å². The van der Waals surface area contributed by atoms with E-state index in [1.807, 2.05) is 0 Å². The van der Waals surface area contributed by atoms with E-state index in [1.54, 1.807) is 23.3 Å². The highest BCUT2D eigenvalue weighted by Gasteiger charge is 2.20. The van der Waals surface area contributed by atoms with Crippen LogP contribution >= 0.6 is 0 Å². The second kappa shape index (κ2) is 5.42. The van der Waals surface area contributed by atoms with Crippen molar-refractivity contribution in [2.45, 2.75) is 6.54 Å². The van der Waals surface area contributed by atoms with E-state index in [2.05, 4.69) is 10.3 Å². The van der Waals surface area contributed by atoms with Crippen LogP contribution in [0.5, 0.6) is 0 Å². The van der Waals surface area contributed by atoms with Crippen molar-refractivity contribution in [1.29, 1.82) is 0 Å². The van der Waals surface area contributed by atoms with Gasteiger partial charge in [0.15, 0.2) is 17.3 Å². The topological polar surface area (TPSA) is 73.0 Å². The molecule has 2 aromatic rings. The van der Waals surface area contributed by atoms with Crippen molar-refractivity contribution in [3.63, 3.8) is 0 Å². The van der Waals surface area contributed by atoms with Gasteiger partial charge in [0.05, 0.1) is 11.3 Å². The van der Waals surface area contributed by atoms with Gasteiger partial charge >= 0.3 is 0 Å². The molecule has 1 N–H and O–H groups in total. The van der Waals surface area contributed by atoms with Crippen LogP contribution in [0.3, 0.4) is 0 Å². The second-order valence-electron chi connectivity index (χ2n) is 3.74. The Hall–Kier alpha value is -2.51. The first-order valence-corrected chi connectivity index (χ1v) is 5.41. The summed E-state index contributed by atoms with van der Waals surface area (Å²) in [4.78, 5) is 13.8. The SMILES string of the molecule is O=[N+]([O-])c1ccc(F)c(F)c1NCCn1ccnc1. The Kier molecular flexibility index (Phi) is 3.69. The third kappa shape index (κ3) is 2.84. The van der Waals surface area contributed by atoms with E-state index in [0.29, 0.717) is 6.54 Å². The van der Waals surface area contributed by atoms with E-state index in [0.717, 1.165) is 12.1 Å². The number of hydrogen-bond donors (Lipinski definition) is 1. The molecule has 0 saturated heterocycles. The monoisotopic (exact) mass is 268 g/mol. The Morgan fingerprint density at radius 2 is 2.21 bits per heavy atom. The number of imidazole rings is 1. The van der Waals surface area contributed by atoms with E-state index >= 15 is 0 Å². The Bertz CT molecular complexity index is 587. The average molecular weight is 268 g/mol. The highest BCUT2D eigenvalue weighted by molar-refractivity contribution is 5.62. The lowest BCUT2D eigenvalue weighted by Gasteiger charge is -2.09. The fourth-order valence-corrected chi connectivity index (χ4v) is 1.59. The van der Waals surface area contributed by atoms with E-state index in [9.17, 15) is 18.9 Å². The maximum atomic E-state index is 13.5. The van der Waals surface area contributed by atoms with Gasteiger partial charge in [-0.2, -0.15) is 0 Å². The molecule has 0 saturated carbocycles. The zero-order valence-corrected chi connectivity index (χ0v) is 9.72. The summed E-state index contributed by atoms with van der Waals surface area (Å²) >= 11 is 0. The van der Waals surface area contributed by atoms with Crippen LogP contribution in [0.4, 0.5) is 20.2 Å². The lowest BCUT2D eigenvalue weighted by molar-refractivity contribution is -0.384. The summed E-state index contributed by atoms with van der Waals surface area (Å²) in [6, 6.07) is 1.66. The predicted octanol–water partition coefficient (Wildman–Crippen LogP) is 2.18. The molecular weight excluding hydrogens is 258 g/mol. The minimum absolute atomic E-state index is 0.206. The van der Waals surface area contributed by atoms with Crippen LogP contribution in [-0.4, -0.2) is 21.0 Å². The number of hydrogen-bond acceptors (Lipinski definition) is 4. The van der Waals surface area contributed by atoms with Gasteiger partial charge in [-0.25, -0.2) is 13.8 Å². The molecule has 0 amide bonds. The normalized spacial score (nSPS) is 10.4. The summed E-state index contributed by atoms with van der Waals surface area (Å²) < 4.78 is 28.3. The summed E-state index contributed by atoms with van der Waals surface area (Å²) in [6.45, 7) is 0.630. The zero-order chi connectivity index (χ0) is 13.8. The maximum absolute atomic E-state index is 13.5. The largest absolute Gasteiger partial charge is 0.375 e. The van der Waals surface area contributed by atoms with Crippen molar-refractivity contribution in [2.24, 2.45) is 0 Å². The third-order valence-corrected chi connectivity index (χ3v) is 2.50. The van der Waals surface area contributed by atoms with Crippen LogP contribution in [-0.2, 0) is 6.54 Å². The number of nitro groups is 1. The molecular formula is C11H10F2N4O2. The summed E-state index contributed by atoms with van der Waals surface area (Å²) in [7, 11) is 0. The first-order valence-electron chi connectivity index (χ1n) is 5.41. The Labute approximate surface area is 106 Å². The molecule has 0 spiro atoms. The zero-order valence-electron chi connectivity index (χ0n) is 9.72. The number of halogens is 2. The summed E-state index contributed by atoms with van der Waals surface area (Å²) in [6.07, 6.45) is 4.82. The molecule has 0 fully saturated rings. The van der Waals surface area contributed by atoms with Gasteiger partial charge in [-0.1, -0.05) is 0 Å². The van der Waals surface area contributed by atoms with Crippen molar-refractivity contribution >= 4 is 11.4 Å². The van der Waals surface area contributed by atoms with Crippen LogP contribution in [0.15, 0.2) is 30.9 Å². The molecule has 0 aliphatic rings. The molecule has 2 rings (SSSR count). The third-order valence-electron chi connectivity index (χ3n) is 2.50. The molecule has 100 valence electrons. The van der Waals surface area contributed by atoms with Gasteiger partial charge in [-0.05, 0) is 6.07 Å². The molecule has 0 aliphatic carbocycles. The Morgan fingerprint density at radius 3 is 2.84 bits per heavy atom. The average Bonchev–Trinajstić information content (AvgIpc) is 2.87. The van der Waals surface area contributed by atoms with Crippen LogP contribution in [0.1, 0.15) is 0 Å². The Balaban J connectivity index is 2.14. The molecule has 0 aliphatic heterocycles. The van der Waals surface area contributed by atoms with Gasteiger partial charge in [-0.15, -0.1) is 0 Å². The minimum atomic E-state index is -1.25. The predicted molar refractivity (Wildman–Crippen MR) is 63.7 cm³/mol. The van der Waals surface area contributed by atoms with Crippen molar-refractivity contribution < 1.29 is 13.7 Å². The number of nitro benzene ring substituents is 1. The smallest absolute Gasteiger partial charge is 0.295 e. The van der Waals surface area contributed by atoms with Crippen LogP contribution in [0.2, 0.25) is 0 Å². The summed E-state index contributed by atoms with van der Waals surface area (Å²) in [5, 5.41) is 13.3. The molecule has 19 heavy (non-hydrogen) atoms. The quantitative estimate of drug-likeness (QED) is 0.666. The van der Waals surface area contributed by atoms with E-state index < -0.39 is 27.9 Å². The molecule has 1 aromatic heterocycles. The van der Waals surface area contributed by atoms with Gasteiger partial charge < -0.3 is 9.88 Å². The van der Waals surface area contributed by atoms with Gasteiger partial charge in [0, 0.05) is 31.5 Å². The maximum Gasteiger partial charge on any atom is 0.295 e. The molecule has 0 atom stereocenters. The van der Waals surface area contributed by atoms with Crippen LogP contribution in [0.25, 0.3) is 0 Å². The minimum Gasteiger partial charge on any atom is -0.375 e. The number of aromatic nitrogens is 2. The fraction of sp³-hybridized carbons (Fsp3) is 0.182. The standard InChI is InChI=1S/C11H10F2N4O2/c12-8-1-2-9(17(18)19)11(10(8)13)15-4-6-16-5-3-14-7-16/h1-3,5,7,15H,4,6H2. The molecule has 0 bridgehead atoms. The number of anilines is 1. The summed E-state index contributed by atoms with van der Waals surface area (Å²) in [5.41, 5.74) is -0.936. The van der Waals surface area contributed by atoms with Crippen molar-refractivity contribution in [1.82, 2.24) is 9.55 Å². The van der Waals surface area contributed by atoms with Gasteiger partial charge in [0.25, 0.3) is 5.69 Å². The molecule has 6 nitrogen and oxygen atoms in total. The van der Waals surface area contributed by atoms with E-state index in [-0.39, 0.29) is 6.54 Å². The lowest BCUT2D eigenvalue weighted by Crippen LogP contribution is -2.12. The number of nitrogens with zero attached hydrogens (tertiary/aromatic N) is 3. The van der Waals surface area contributed by atoms with Crippen molar-refractivity contribution in [3.05, 3.63) is 52.6 Å². The van der Waals surface area contributed by atoms with Crippen LogP contribution < -0.4 is 5.32 Å². The highest BCUT2D eigenvalue weighted by atomic mass is 19.2. The Morgan fingerprint density at radius 1 is 1.42 bits per heavy atom. The molecule has 1 heterocycles. The first-order chi connectivity index (χ1) is 9.09. The number of rotatable bonds is 5. The number of benzene rings is 1. The van der Waals surface area contributed by atoms with E-state index in [4.69, 9.17) is 0 Å². The van der Waals surface area contributed by atoms with Gasteiger partial charge in [0.1, 0.15) is 0 Å². The molecule has 0 radical (unpaired) electrons. The second-order valence-corrected chi connectivity index (χ2v) is 3.74.